The Labute approximate surface area is 87.8 Å². The average Bonchev–Trinajstić information content (AvgIpc) is 2.16. The van der Waals surface area contributed by atoms with Crippen LogP contribution in [0.5, 0.6) is 0 Å². The Kier molecular flexibility index (Phi) is 3.41. The summed E-state index contributed by atoms with van der Waals surface area (Å²) in [6, 6.07) is 0.819. The van der Waals surface area contributed by atoms with E-state index in [1.807, 2.05) is 4.98 Å². The number of nitrogens with one attached hydrogen (secondary N) is 1. The average molecular weight is 238 g/mol. The molecule has 0 radical (unpaired) electrons. The fourth-order valence-corrected chi connectivity index (χ4v) is 1.24. The van der Waals surface area contributed by atoms with E-state index in [1.54, 1.807) is 0 Å². The van der Waals surface area contributed by atoms with Crippen LogP contribution in [0.2, 0.25) is 5.02 Å². The van der Waals surface area contributed by atoms with Gasteiger partial charge in [0, 0.05) is 0 Å². The highest BCUT2D eigenvalue weighted by Crippen LogP contribution is 2.20. The summed E-state index contributed by atoms with van der Waals surface area (Å²) < 4.78 is 28.7. The van der Waals surface area contributed by atoms with Crippen LogP contribution in [0.1, 0.15) is 22.5 Å². The first-order valence-electron chi connectivity index (χ1n) is 3.76. The third kappa shape index (κ3) is 2.33. The molecule has 0 saturated carbocycles. The number of carbonyl (C=O) groups excluding carboxylic acids is 1. The molecule has 7 heteroatoms. The summed E-state index contributed by atoms with van der Waals surface area (Å²) in [5.74, 6) is -0.970. The van der Waals surface area contributed by atoms with Gasteiger partial charge in [-0.15, -0.1) is 0 Å². The Morgan fingerprint density at radius 1 is 1.60 bits per heavy atom. The van der Waals surface area contributed by atoms with Crippen molar-refractivity contribution in [1.29, 1.82) is 0 Å². The van der Waals surface area contributed by atoms with E-state index in [0.29, 0.717) is 0 Å². The van der Waals surface area contributed by atoms with Gasteiger partial charge in [0.25, 0.3) is 12.0 Å². The summed E-state index contributed by atoms with van der Waals surface area (Å²) >= 11 is 5.50. The molecule has 1 rings (SSSR count). The van der Waals surface area contributed by atoms with Crippen LogP contribution in [0.25, 0.3) is 0 Å². The van der Waals surface area contributed by atoms with Crippen LogP contribution in [0.15, 0.2) is 10.9 Å². The Balaban J connectivity index is 3.34. The van der Waals surface area contributed by atoms with E-state index in [2.05, 4.69) is 4.74 Å². The lowest BCUT2D eigenvalue weighted by molar-refractivity contribution is 0.0598. The molecule has 0 aliphatic heterocycles. The van der Waals surface area contributed by atoms with Crippen molar-refractivity contribution in [3.63, 3.8) is 0 Å². The number of carbonyl (C=O) groups is 1. The number of ether oxygens (including phenoxy) is 1. The second-order valence-corrected chi connectivity index (χ2v) is 2.98. The molecule has 0 unspecified atom stereocenters. The predicted octanol–water partition coefficient (Wildman–Crippen LogP) is 1.75. The smallest absolute Gasteiger partial charge is 0.345 e. The van der Waals surface area contributed by atoms with Crippen molar-refractivity contribution >= 4 is 17.6 Å². The number of pyridine rings is 1. The van der Waals surface area contributed by atoms with Gasteiger partial charge in [-0.2, -0.15) is 0 Å². The summed E-state index contributed by atoms with van der Waals surface area (Å²) in [5.41, 5.74) is -2.12. The Bertz CT molecular complexity index is 444. The zero-order valence-electron chi connectivity index (χ0n) is 7.51. The molecule has 0 aliphatic rings. The molecule has 0 aliphatic carbocycles. The first-order valence-corrected chi connectivity index (χ1v) is 4.14. The van der Waals surface area contributed by atoms with Gasteiger partial charge in [0.1, 0.15) is 5.56 Å². The minimum atomic E-state index is -2.86. The predicted molar refractivity (Wildman–Crippen MR) is 48.4 cm³/mol. The fraction of sp³-hybridized carbons (Fsp3) is 0.250. The lowest BCUT2D eigenvalue weighted by Crippen LogP contribution is -2.21. The van der Waals surface area contributed by atoms with Gasteiger partial charge >= 0.3 is 5.97 Å². The quantitative estimate of drug-likeness (QED) is 0.798. The summed E-state index contributed by atoms with van der Waals surface area (Å²) in [7, 11) is 1.05. The van der Waals surface area contributed by atoms with Crippen molar-refractivity contribution in [2.24, 2.45) is 0 Å². The maximum atomic E-state index is 12.2. The monoisotopic (exact) mass is 237 g/mol. The van der Waals surface area contributed by atoms with Crippen molar-refractivity contribution in [2.75, 3.05) is 7.11 Å². The highest BCUT2D eigenvalue weighted by molar-refractivity contribution is 6.33. The van der Waals surface area contributed by atoms with Gasteiger partial charge in [-0.3, -0.25) is 4.79 Å². The van der Waals surface area contributed by atoms with E-state index in [-0.39, 0.29) is 5.02 Å². The molecule has 0 aromatic carbocycles. The van der Waals surface area contributed by atoms with E-state index in [4.69, 9.17) is 11.6 Å². The van der Waals surface area contributed by atoms with Crippen molar-refractivity contribution < 1.29 is 18.3 Å². The molecular weight excluding hydrogens is 232 g/mol. The maximum Gasteiger partial charge on any atom is 0.345 e. The van der Waals surface area contributed by atoms with Gasteiger partial charge in [-0.05, 0) is 6.07 Å². The van der Waals surface area contributed by atoms with E-state index >= 15 is 0 Å². The van der Waals surface area contributed by atoms with Crippen LogP contribution in [0.3, 0.4) is 0 Å². The highest BCUT2D eigenvalue weighted by atomic mass is 35.5. The SMILES string of the molecule is COC(=O)c1c(Cl)cc(C(F)F)[nH]c1=O. The molecular formula is C8H6ClF2NO3. The minimum Gasteiger partial charge on any atom is -0.465 e. The lowest BCUT2D eigenvalue weighted by Gasteiger charge is -2.04. The molecule has 0 atom stereocenters. The molecule has 1 aromatic rings. The van der Waals surface area contributed by atoms with Crippen molar-refractivity contribution in [3.05, 3.63) is 32.7 Å². The normalized spacial score (nSPS) is 10.5. The Morgan fingerprint density at radius 3 is 2.60 bits per heavy atom. The van der Waals surface area contributed by atoms with E-state index < -0.39 is 29.2 Å². The topological polar surface area (TPSA) is 59.2 Å². The van der Waals surface area contributed by atoms with Crippen LogP contribution < -0.4 is 5.56 Å². The molecule has 0 saturated heterocycles. The molecule has 82 valence electrons. The lowest BCUT2D eigenvalue weighted by atomic mass is 10.2. The number of rotatable bonds is 2. The van der Waals surface area contributed by atoms with Crippen LogP contribution in [0.4, 0.5) is 8.78 Å². The van der Waals surface area contributed by atoms with Gasteiger partial charge in [0.05, 0.1) is 17.8 Å². The number of aromatic nitrogens is 1. The molecule has 0 amide bonds. The molecule has 15 heavy (non-hydrogen) atoms. The standard InChI is InChI=1S/C8H6ClF2NO3/c1-15-8(14)5-3(9)2-4(6(10)11)12-7(5)13/h2,6H,1H3,(H,12,13). The third-order valence-electron chi connectivity index (χ3n) is 1.63. The van der Waals surface area contributed by atoms with Crippen molar-refractivity contribution in [3.8, 4) is 0 Å². The van der Waals surface area contributed by atoms with Crippen LogP contribution in [-0.4, -0.2) is 18.1 Å². The first kappa shape index (κ1) is 11.6. The van der Waals surface area contributed by atoms with Gasteiger partial charge in [-0.1, -0.05) is 11.6 Å². The molecule has 1 N–H and O–H groups in total. The largest absolute Gasteiger partial charge is 0.465 e. The second kappa shape index (κ2) is 4.39. The number of alkyl halides is 2. The molecule has 1 aromatic heterocycles. The van der Waals surface area contributed by atoms with Gasteiger partial charge in [0.15, 0.2) is 0 Å². The summed E-state index contributed by atoms with van der Waals surface area (Å²) in [6.07, 6.45) is -2.86. The summed E-state index contributed by atoms with van der Waals surface area (Å²) in [4.78, 5) is 24.1. The summed E-state index contributed by atoms with van der Waals surface area (Å²) in [5, 5.41) is -0.360. The van der Waals surface area contributed by atoms with Crippen molar-refractivity contribution in [2.45, 2.75) is 6.43 Å². The minimum absolute atomic E-state index is 0.360. The molecule has 0 fully saturated rings. The number of hydrogen-bond acceptors (Lipinski definition) is 3. The second-order valence-electron chi connectivity index (χ2n) is 2.57. The first-order chi connectivity index (χ1) is 6.97. The number of H-pyrrole nitrogens is 1. The maximum absolute atomic E-state index is 12.2. The van der Waals surface area contributed by atoms with Gasteiger partial charge < -0.3 is 9.72 Å². The van der Waals surface area contributed by atoms with E-state index in [0.717, 1.165) is 13.2 Å². The Morgan fingerprint density at radius 2 is 2.20 bits per heavy atom. The number of halogens is 3. The third-order valence-corrected chi connectivity index (χ3v) is 1.93. The molecule has 1 heterocycles. The van der Waals surface area contributed by atoms with Crippen molar-refractivity contribution in [1.82, 2.24) is 4.98 Å². The van der Waals surface area contributed by atoms with Gasteiger partial charge in [-0.25, -0.2) is 13.6 Å². The molecule has 0 bridgehead atoms. The summed E-state index contributed by atoms with van der Waals surface area (Å²) in [6.45, 7) is 0. The number of hydrogen-bond donors (Lipinski definition) is 1. The number of aromatic amines is 1. The molecule has 0 spiro atoms. The Hall–Kier alpha value is -1.43. The van der Waals surface area contributed by atoms with Crippen LogP contribution >= 0.6 is 11.6 Å². The molecule has 4 nitrogen and oxygen atoms in total. The highest BCUT2D eigenvalue weighted by Gasteiger charge is 2.19. The van der Waals surface area contributed by atoms with Crippen LogP contribution in [0, 0.1) is 0 Å². The van der Waals surface area contributed by atoms with E-state index in [9.17, 15) is 18.4 Å². The fourth-order valence-electron chi connectivity index (χ4n) is 0.957. The van der Waals surface area contributed by atoms with Gasteiger partial charge in [0.2, 0.25) is 0 Å². The van der Waals surface area contributed by atoms with Crippen LogP contribution in [-0.2, 0) is 4.74 Å². The number of esters is 1. The zero-order valence-corrected chi connectivity index (χ0v) is 8.27. The zero-order chi connectivity index (χ0) is 11.6. The van der Waals surface area contributed by atoms with E-state index in [1.165, 1.54) is 0 Å². The number of methoxy groups -OCH3 is 1.